The van der Waals surface area contributed by atoms with Crippen LogP contribution in [0.4, 0.5) is 0 Å². The van der Waals surface area contributed by atoms with Crippen molar-refractivity contribution in [2.75, 3.05) is 14.2 Å². The molecule has 30 heavy (non-hydrogen) atoms. The van der Waals surface area contributed by atoms with E-state index in [-0.39, 0.29) is 5.97 Å². The number of carbonyl (C=O) groups is 1. The number of hydrogen-bond acceptors (Lipinski definition) is 5. The molecular weight excluding hydrogens is 380 g/mol. The number of aliphatic hydroxyl groups is 2. The molecule has 1 aliphatic carbocycles. The van der Waals surface area contributed by atoms with Crippen LogP contribution < -0.4 is 0 Å². The second kappa shape index (κ2) is 12.6. The molecule has 0 aliphatic heterocycles. The molecule has 3 atom stereocenters. The molecule has 1 fully saturated rings. The van der Waals surface area contributed by atoms with E-state index in [0.29, 0.717) is 31.4 Å². The van der Waals surface area contributed by atoms with Crippen LogP contribution in [0.15, 0.2) is 54.3 Å². The van der Waals surface area contributed by atoms with Crippen molar-refractivity contribution in [2.24, 2.45) is 5.92 Å². The summed E-state index contributed by atoms with van der Waals surface area (Å²) in [5, 5.41) is 21.8. The summed E-state index contributed by atoms with van der Waals surface area (Å²) in [6.07, 6.45) is 11.6. The fraction of sp³-hybridized carbons (Fsp3) is 0.560. The highest BCUT2D eigenvalue weighted by Crippen LogP contribution is 2.43. The van der Waals surface area contributed by atoms with Crippen LogP contribution in [0.25, 0.3) is 0 Å². The van der Waals surface area contributed by atoms with Gasteiger partial charge in [-0.15, -0.1) is 0 Å². The van der Waals surface area contributed by atoms with Crippen LogP contribution in [0, 0.1) is 5.92 Å². The zero-order chi connectivity index (χ0) is 21.8. The second-order valence-corrected chi connectivity index (χ2v) is 8.02. The zero-order valence-electron chi connectivity index (χ0n) is 18.3. The first-order chi connectivity index (χ1) is 14.5. The monoisotopic (exact) mass is 416 g/mol. The normalized spacial score (nSPS) is 24.3. The molecule has 1 aliphatic rings. The summed E-state index contributed by atoms with van der Waals surface area (Å²) in [6, 6.07) is 10.4. The van der Waals surface area contributed by atoms with E-state index in [2.05, 4.69) is 16.9 Å². The van der Waals surface area contributed by atoms with Crippen LogP contribution in [0.2, 0.25) is 0 Å². The maximum absolute atomic E-state index is 11.2. The zero-order valence-corrected chi connectivity index (χ0v) is 18.3. The van der Waals surface area contributed by atoms with E-state index in [1.54, 1.807) is 7.11 Å². The Labute approximate surface area is 180 Å². The fourth-order valence-electron chi connectivity index (χ4n) is 4.17. The minimum absolute atomic E-state index is 0.205. The van der Waals surface area contributed by atoms with Gasteiger partial charge < -0.3 is 19.7 Å². The minimum atomic E-state index is -1.01. The Balaban J connectivity index is 1.89. The Kier molecular flexibility index (Phi) is 10.1. The minimum Gasteiger partial charge on any atom is -0.501 e. The van der Waals surface area contributed by atoms with Crippen LogP contribution in [-0.2, 0) is 20.7 Å². The number of allylic oxidation sites excluding steroid dienone is 2. The van der Waals surface area contributed by atoms with E-state index < -0.39 is 17.6 Å². The summed E-state index contributed by atoms with van der Waals surface area (Å²) in [5.41, 5.74) is 0.291. The molecular formula is C25H36O5. The van der Waals surface area contributed by atoms with Gasteiger partial charge in [0.15, 0.2) is 0 Å². The number of unbranched alkanes of at least 4 members (excludes halogenated alkanes) is 2. The summed E-state index contributed by atoms with van der Waals surface area (Å²) in [7, 11) is 3.00. The van der Waals surface area contributed by atoms with Crippen molar-refractivity contribution >= 4 is 5.97 Å². The molecule has 0 heterocycles. The second-order valence-electron chi connectivity index (χ2n) is 8.02. The maximum atomic E-state index is 11.2. The molecule has 2 N–H and O–H groups in total. The van der Waals surface area contributed by atoms with Crippen LogP contribution in [0.3, 0.4) is 0 Å². The summed E-state index contributed by atoms with van der Waals surface area (Å²) in [4.78, 5) is 11.1. The Bertz CT molecular complexity index is 697. The number of carbonyl (C=O) groups excluding carboxylic acids is 1. The third-order valence-corrected chi connectivity index (χ3v) is 5.85. The molecule has 1 aromatic rings. The average Bonchev–Trinajstić information content (AvgIpc) is 3.06. The standard InChI is InChI=1S/C25H36O5/c1-29-22(15-10-9-14-20-12-6-5-7-13-20)24-21(26)17-19-25(24,28)18-11-4-3-8-16-23(27)30-2/h4-7,11-13,15,21,24,26,28H,3,8-10,14,16-19H2,1-2H3/t21-,24-,25?/m0/s1. The molecule has 166 valence electrons. The highest BCUT2D eigenvalue weighted by atomic mass is 16.5. The third kappa shape index (κ3) is 7.29. The van der Waals surface area contributed by atoms with Gasteiger partial charge in [-0.1, -0.05) is 42.5 Å². The van der Waals surface area contributed by atoms with Crippen molar-refractivity contribution < 1.29 is 24.5 Å². The van der Waals surface area contributed by atoms with Gasteiger partial charge in [-0.05, 0) is 63.0 Å². The van der Waals surface area contributed by atoms with Gasteiger partial charge in [0.05, 0.1) is 31.8 Å². The van der Waals surface area contributed by atoms with Crippen molar-refractivity contribution in [3.8, 4) is 0 Å². The molecule has 5 nitrogen and oxygen atoms in total. The number of hydrogen-bond donors (Lipinski definition) is 2. The molecule has 1 saturated carbocycles. The SMILES string of the molecule is COC(=O)CCCC=CCC1(O)CC[C@H](O)[C@H]1C(=CCCCc1ccccc1)OC. The number of benzene rings is 1. The first kappa shape index (κ1) is 24.2. The maximum Gasteiger partial charge on any atom is 0.305 e. The predicted molar refractivity (Wildman–Crippen MR) is 118 cm³/mol. The van der Waals surface area contributed by atoms with Gasteiger partial charge in [0.2, 0.25) is 0 Å². The first-order valence-corrected chi connectivity index (χ1v) is 10.9. The van der Waals surface area contributed by atoms with Gasteiger partial charge in [0.25, 0.3) is 0 Å². The lowest BCUT2D eigenvalue weighted by Gasteiger charge is -2.31. The molecule has 0 bridgehead atoms. The van der Waals surface area contributed by atoms with Crippen LogP contribution >= 0.6 is 0 Å². The lowest BCUT2D eigenvalue weighted by molar-refractivity contribution is -0.140. The molecule has 0 amide bonds. The van der Waals surface area contributed by atoms with E-state index >= 15 is 0 Å². The molecule has 1 aromatic carbocycles. The quantitative estimate of drug-likeness (QED) is 0.230. The van der Waals surface area contributed by atoms with E-state index in [1.165, 1.54) is 12.7 Å². The van der Waals surface area contributed by atoms with Crippen LogP contribution in [0.1, 0.15) is 56.9 Å². The van der Waals surface area contributed by atoms with E-state index in [9.17, 15) is 15.0 Å². The molecule has 1 unspecified atom stereocenters. The number of methoxy groups -OCH3 is 2. The highest BCUT2D eigenvalue weighted by Gasteiger charge is 2.48. The fourth-order valence-corrected chi connectivity index (χ4v) is 4.17. The number of ether oxygens (including phenoxy) is 2. The van der Waals surface area contributed by atoms with Gasteiger partial charge in [0.1, 0.15) is 5.76 Å². The van der Waals surface area contributed by atoms with E-state index in [0.717, 1.165) is 32.1 Å². The molecule has 0 aromatic heterocycles. The summed E-state index contributed by atoms with van der Waals surface area (Å²) in [6.45, 7) is 0. The lowest BCUT2D eigenvalue weighted by atomic mass is 9.84. The van der Waals surface area contributed by atoms with Crippen LogP contribution in [0.5, 0.6) is 0 Å². The Morgan fingerprint density at radius 1 is 1.13 bits per heavy atom. The lowest BCUT2D eigenvalue weighted by Crippen LogP contribution is -2.38. The number of rotatable bonds is 12. The Morgan fingerprint density at radius 3 is 2.60 bits per heavy atom. The van der Waals surface area contributed by atoms with Crippen molar-refractivity contribution in [1.82, 2.24) is 0 Å². The number of esters is 1. The summed E-state index contributed by atoms with van der Waals surface area (Å²) < 4.78 is 10.2. The van der Waals surface area contributed by atoms with Crippen molar-refractivity contribution in [1.29, 1.82) is 0 Å². The van der Waals surface area contributed by atoms with Gasteiger partial charge in [-0.3, -0.25) is 4.79 Å². The molecule has 0 saturated heterocycles. The third-order valence-electron chi connectivity index (χ3n) is 5.85. The predicted octanol–water partition coefficient (Wildman–Crippen LogP) is 4.33. The number of aryl methyl sites for hydroxylation is 1. The molecule has 0 spiro atoms. The van der Waals surface area contributed by atoms with E-state index in [1.807, 2.05) is 36.4 Å². The smallest absolute Gasteiger partial charge is 0.305 e. The van der Waals surface area contributed by atoms with Gasteiger partial charge in [-0.2, -0.15) is 0 Å². The highest BCUT2D eigenvalue weighted by molar-refractivity contribution is 5.69. The Hall–Kier alpha value is -2.11. The van der Waals surface area contributed by atoms with E-state index in [4.69, 9.17) is 4.74 Å². The first-order valence-electron chi connectivity index (χ1n) is 10.9. The summed E-state index contributed by atoms with van der Waals surface area (Å²) >= 11 is 0. The average molecular weight is 417 g/mol. The van der Waals surface area contributed by atoms with Crippen molar-refractivity contribution in [3.63, 3.8) is 0 Å². The van der Waals surface area contributed by atoms with Crippen molar-refractivity contribution in [2.45, 2.75) is 69.5 Å². The van der Waals surface area contributed by atoms with Gasteiger partial charge in [0, 0.05) is 6.42 Å². The Morgan fingerprint density at radius 2 is 1.90 bits per heavy atom. The summed E-state index contributed by atoms with van der Waals surface area (Å²) in [5.74, 6) is 0.0525. The van der Waals surface area contributed by atoms with Crippen molar-refractivity contribution in [3.05, 3.63) is 59.9 Å². The largest absolute Gasteiger partial charge is 0.501 e. The molecule has 2 rings (SSSR count). The van der Waals surface area contributed by atoms with Crippen LogP contribution in [-0.4, -0.2) is 42.1 Å². The number of aliphatic hydroxyl groups excluding tert-OH is 1. The molecule has 0 radical (unpaired) electrons. The topological polar surface area (TPSA) is 76.0 Å². The van der Waals surface area contributed by atoms with Gasteiger partial charge >= 0.3 is 5.97 Å². The molecule has 5 heteroatoms. The van der Waals surface area contributed by atoms with Gasteiger partial charge in [-0.25, -0.2) is 0 Å².